The maximum absolute atomic E-state index is 12.2. The van der Waals surface area contributed by atoms with Crippen LogP contribution in [0.15, 0.2) is 216 Å². The molecule has 2 saturated carbocycles. The average Bonchev–Trinajstić information content (AvgIpc) is 1.69. The van der Waals surface area contributed by atoms with Crippen molar-refractivity contribution >= 4 is 226 Å². The summed E-state index contributed by atoms with van der Waals surface area (Å²) in [7, 11) is 0. The van der Waals surface area contributed by atoms with Crippen molar-refractivity contribution in [3.63, 3.8) is 0 Å². The molecule has 0 unspecified atom stereocenters. The van der Waals surface area contributed by atoms with E-state index in [4.69, 9.17) is 180 Å². The summed E-state index contributed by atoms with van der Waals surface area (Å²) in [4.78, 5) is 112. The van der Waals surface area contributed by atoms with E-state index in [1.54, 1.807) is 18.2 Å². The standard InChI is InChI=1S/C21H19Cl2N5O2.C19H18Cl2N6O3.C18H16Cl2N6O3.C18H18Cl2N6O3.C18H20Cl2N6O3/c1-10(2)15-9-25-18-5-4-13(8-14(15)18)30-19-16(22)6-12(7-17(19)23)28-21(29)26-11(3)20(24)27-28;1-9-17(22)26-27(19(29)23-9)11-6-13(20)16(14(21)7-11)30-15-8-12(18(28)25-24-15)10-4-2-3-5-10;1-8-16(21)25-26(18(28)22-8)10-5-12(19)15(13(20)6-10)29-14-7-11(9-3-2-4-9)17(27)24-23-14;1-4-8(2)11-7-14(23-24-17(11)27)29-15-12(19)5-10(6-13(15)20)26-18(28)22-9(3)16(21)25-26;1-4-8(2)11(17(23)27)7-14(21)29-15-12(19)5-10(6-13(15)20)26-18(28)24-9(3)16(22)25-26/h4-10,25H,3H2,1-2H3,(H2,24,27)(H,26,29);6-8,10H,1-5H2,(H2,22,26)(H,23,29)(H,25,28);5-7,9H,1-4H2,(H2,21,25)(H,22,28)(H,24,27);5-8H,3-4H2,1-2H3,(H2,21,25)(H,22,28)(H,24,27);5-8,21H,3-4H2,1-2H3,(H2,22,25)(H2,23,27)(H,24,28)/b;;;;11-7-,21-14?/t;;;2*8-/m...10/s1. The lowest BCUT2D eigenvalue weighted by Crippen LogP contribution is -2.45. The molecule has 7 aliphatic rings. The van der Waals surface area contributed by atoms with E-state index < -0.39 is 36.1 Å². The van der Waals surface area contributed by atoms with E-state index in [1.807, 2.05) is 52.1 Å². The molecule has 0 bridgehead atoms. The van der Waals surface area contributed by atoms with Crippen molar-refractivity contribution < 1.29 is 52.5 Å². The van der Waals surface area contributed by atoms with Gasteiger partial charge in [-0.25, -0.2) is 39.3 Å². The number of urea groups is 5. The van der Waals surface area contributed by atoms with Crippen LogP contribution in [0, 0.1) is 11.3 Å². The lowest BCUT2D eigenvalue weighted by atomic mass is 9.81. The molecule has 0 spiro atoms. The number of carbonyl (C=O) groups excluding carboxylic acids is 6. The third-order valence-electron chi connectivity index (χ3n) is 23.0. The number of hydrogen-bond acceptors (Lipinski definition) is 28. The van der Waals surface area contributed by atoms with Crippen molar-refractivity contribution in [3.05, 3.63) is 280 Å². The van der Waals surface area contributed by atoms with Crippen LogP contribution in [-0.4, -0.2) is 107 Å². The largest absolute Gasteiger partial charge is 0.454 e. The molecule has 10 aromatic rings. The van der Waals surface area contributed by atoms with Gasteiger partial charge in [0.15, 0.2) is 57.9 Å². The van der Waals surface area contributed by atoms with Crippen LogP contribution >= 0.6 is 116 Å². The number of anilines is 5. The molecule has 9 heterocycles. The third-order valence-corrected chi connectivity index (χ3v) is 25.8. The van der Waals surface area contributed by atoms with Gasteiger partial charge >= 0.3 is 30.2 Å². The van der Waals surface area contributed by atoms with Gasteiger partial charge in [-0.1, -0.05) is 210 Å². The van der Waals surface area contributed by atoms with Crippen LogP contribution in [-0.2, 0) is 4.79 Å². The number of carbonyl (C=O) groups is 6. The number of amidine groups is 5. The number of rotatable bonds is 23. The molecule has 2 aliphatic carbocycles. The van der Waals surface area contributed by atoms with Crippen molar-refractivity contribution in [1.82, 2.24) is 62.2 Å². The van der Waals surface area contributed by atoms with Crippen LogP contribution in [0.25, 0.3) is 10.9 Å². The fraction of sp³-hybridized carbons (Fsp3) is 0.213. The highest BCUT2D eigenvalue weighted by Gasteiger charge is 2.34. The number of nitrogens with one attached hydrogen (secondary N) is 10. The number of hydrogen-bond donors (Lipinski definition) is 16. The summed E-state index contributed by atoms with van der Waals surface area (Å²) in [5, 5.41) is 66.6. The summed E-state index contributed by atoms with van der Waals surface area (Å²) < 4.78 is 28.6. The van der Waals surface area contributed by atoms with Gasteiger partial charge in [0.25, 0.3) is 16.7 Å². The van der Waals surface area contributed by atoms with Gasteiger partial charge in [0.05, 0.1) is 107 Å². The average molecular weight is 2210 g/mol. The number of aromatic nitrogens is 7. The maximum Gasteiger partial charge on any atom is 0.347 e. The summed E-state index contributed by atoms with van der Waals surface area (Å²) in [6, 6.07) is 22.2. The number of ether oxygens (including phenoxy) is 5. The molecule has 2 fully saturated rings. The zero-order valence-corrected chi connectivity index (χ0v) is 86.0. The Labute approximate surface area is 886 Å². The number of benzene rings is 6. The van der Waals surface area contributed by atoms with Crippen molar-refractivity contribution in [2.45, 2.75) is 123 Å². The zero-order chi connectivity index (χ0) is 107. The van der Waals surface area contributed by atoms with E-state index in [9.17, 15) is 43.2 Å². The first-order chi connectivity index (χ1) is 69.6. The molecular formula is C94H91Cl10N29O14. The molecule has 147 heavy (non-hydrogen) atoms. The summed E-state index contributed by atoms with van der Waals surface area (Å²) in [6.45, 7) is 29.8. The van der Waals surface area contributed by atoms with Gasteiger partial charge in [0, 0.05) is 63.6 Å². The van der Waals surface area contributed by atoms with E-state index >= 15 is 0 Å². The second-order valence-corrected chi connectivity index (χ2v) is 37.4. The number of nitrogens with zero attached hydrogens (tertiary/aromatic N) is 13. The minimum Gasteiger partial charge on any atom is -0.454 e. The minimum absolute atomic E-state index is 0.0146. The monoisotopic (exact) mass is 2200 g/mol. The van der Waals surface area contributed by atoms with Gasteiger partial charge in [-0.3, -0.25) is 24.6 Å². The van der Waals surface area contributed by atoms with E-state index in [-0.39, 0.29) is 229 Å². The first-order valence-electron chi connectivity index (χ1n) is 44.2. The molecule has 0 saturated heterocycles. The lowest BCUT2D eigenvalue weighted by molar-refractivity contribution is -0.115. The van der Waals surface area contributed by atoms with Crippen molar-refractivity contribution in [3.8, 4) is 52.1 Å². The van der Waals surface area contributed by atoms with E-state index in [0.717, 1.165) is 87.3 Å². The second kappa shape index (κ2) is 46.8. The summed E-state index contributed by atoms with van der Waals surface area (Å²) in [5.74, 6) is 1.56. The number of aromatic amines is 4. The molecule has 11 amide bonds. The SMILES string of the molecule is C=C1NC(=O)N(c2cc(Cl)c(OC(=N)/C=C(\C(N)=O)[C@@H](C)CC)c(Cl)c2)N=C1N.C=C1NC(=O)N(c2cc(Cl)c(Oc3cc(C4CCC4)c(=O)[nH]n3)c(Cl)c2)N=C1N.C=C1NC(=O)N(c2cc(Cl)c(Oc3cc(C4CCCC4)c(=O)[nH]n3)c(Cl)c2)N=C1N.C=C1NC(=O)N(c2cc(Cl)c(Oc3cc([C@H](C)CC)c(=O)[nH]n3)c(Cl)c2)N=C1N.C=C1NC(=O)N(c2cc(Cl)c(Oc3ccc4[nH]cc(C(C)C)c4c3)c(Cl)c2)N=C1N. The van der Waals surface area contributed by atoms with Gasteiger partial charge in [-0.2, -0.15) is 25.0 Å². The summed E-state index contributed by atoms with van der Waals surface area (Å²) in [5.41, 5.74) is 39.9. The molecule has 2 atom stereocenters. The lowest BCUT2D eigenvalue weighted by Gasteiger charge is -2.25. The van der Waals surface area contributed by atoms with E-state index in [1.165, 1.54) is 72.3 Å². The van der Waals surface area contributed by atoms with Gasteiger partial charge in [-0.05, 0) is 153 Å². The smallest absolute Gasteiger partial charge is 0.347 e. The van der Waals surface area contributed by atoms with Gasteiger partial charge in [-0.15, -0.1) is 40.8 Å². The summed E-state index contributed by atoms with van der Waals surface area (Å²) in [6.07, 6.45) is 11.7. The first kappa shape index (κ1) is 109. The van der Waals surface area contributed by atoms with Gasteiger partial charge < -0.3 is 89.7 Å². The topological polar surface area (TPSA) is 620 Å². The molecule has 6 aromatic carbocycles. The van der Waals surface area contributed by atoms with Crippen molar-refractivity contribution in [1.29, 1.82) is 5.41 Å². The second-order valence-electron chi connectivity index (χ2n) is 33.4. The maximum atomic E-state index is 12.2. The third kappa shape index (κ3) is 25.6. The number of amides is 11. The highest BCUT2D eigenvalue weighted by Crippen LogP contribution is 2.48. The highest BCUT2D eigenvalue weighted by molar-refractivity contribution is 6.41. The zero-order valence-electron chi connectivity index (χ0n) is 78.5. The Morgan fingerprint density at radius 3 is 1.03 bits per heavy atom. The molecule has 53 heteroatoms. The fourth-order valence-corrected chi connectivity index (χ4v) is 17.3. The molecule has 5 aliphatic heterocycles. The molecule has 4 aromatic heterocycles. The molecule has 766 valence electrons. The highest BCUT2D eigenvalue weighted by atomic mass is 35.5. The Bertz CT molecular complexity index is 7210. The van der Waals surface area contributed by atoms with Crippen LogP contribution in [0.4, 0.5) is 52.4 Å². The molecular weight excluding hydrogens is 2110 g/mol. The predicted octanol–water partition coefficient (Wildman–Crippen LogP) is 19.8. The van der Waals surface area contributed by atoms with Crippen LogP contribution in [0.2, 0.25) is 50.2 Å². The number of fused-ring (bicyclic) bond motifs is 1. The number of halogens is 10. The minimum atomic E-state index is -0.645. The number of hydrazone groups is 5. The van der Waals surface area contributed by atoms with Crippen molar-refractivity contribution in [2.75, 3.05) is 25.0 Å². The van der Waals surface area contributed by atoms with Crippen LogP contribution in [0.1, 0.15) is 145 Å². The Balaban J connectivity index is 0.000000154. The fourth-order valence-electron chi connectivity index (χ4n) is 14.6. The van der Waals surface area contributed by atoms with E-state index in [0.29, 0.717) is 40.5 Å². The first-order valence-corrected chi connectivity index (χ1v) is 48.0. The molecule has 43 nitrogen and oxygen atoms in total. The Kier molecular flexibility index (Phi) is 34.7. The number of H-pyrrole nitrogens is 4. The number of nitrogens with two attached hydrogens (primary N) is 6. The van der Waals surface area contributed by atoms with Crippen LogP contribution in [0.3, 0.4) is 0 Å². The normalized spacial score (nSPS) is 15.8. The van der Waals surface area contributed by atoms with Gasteiger partial charge in [0.1, 0.15) is 5.75 Å². The number of primary amides is 1. The molecule has 22 N–H and O–H groups in total. The molecule has 0 radical (unpaired) electrons. The van der Waals surface area contributed by atoms with E-state index in [2.05, 4.69) is 134 Å². The Morgan fingerprint density at radius 2 is 0.728 bits per heavy atom. The molecule has 17 rings (SSSR count). The predicted molar refractivity (Wildman–Crippen MR) is 570 cm³/mol. The van der Waals surface area contributed by atoms with Crippen molar-refractivity contribution in [2.24, 2.45) is 65.8 Å². The van der Waals surface area contributed by atoms with Crippen LogP contribution in [0.5, 0.6) is 52.1 Å². The summed E-state index contributed by atoms with van der Waals surface area (Å²) >= 11 is 63.3. The van der Waals surface area contributed by atoms with Gasteiger partial charge in [0.2, 0.25) is 29.4 Å². The Morgan fingerprint density at radius 1 is 0.422 bits per heavy atom. The van der Waals surface area contributed by atoms with Crippen LogP contribution < -0.4 is 126 Å². The Hall–Kier alpha value is -15.3. The quantitative estimate of drug-likeness (QED) is 0.0161.